The highest BCUT2D eigenvalue weighted by Gasteiger charge is 2.25. The maximum absolute atomic E-state index is 11.6. The molecule has 0 amide bonds. The lowest BCUT2D eigenvalue weighted by Crippen LogP contribution is -2.07. The molecular weight excluding hydrogens is 353 g/mol. The molecule has 0 aliphatic heterocycles. The van der Waals surface area contributed by atoms with E-state index in [0.717, 1.165) is 0 Å². The average molecular weight is 361 g/mol. The van der Waals surface area contributed by atoms with Gasteiger partial charge in [0.2, 0.25) is 15.0 Å². The zero-order valence-corrected chi connectivity index (χ0v) is 11.4. The second-order valence-corrected chi connectivity index (χ2v) is 4.33. The molecular formula is C10H8IN3O4. The molecule has 0 fully saturated rings. The van der Waals surface area contributed by atoms with Crippen molar-refractivity contribution >= 4 is 40.0 Å². The van der Waals surface area contributed by atoms with E-state index in [1.165, 1.54) is 16.5 Å². The summed E-state index contributed by atoms with van der Waals surface area (Å²) in [6.07, 6.45) is 0. The number of ether oxygens (including phenoxy) is 1. The quantitative estimate of drug-likeness (QED) is 0.361. The fourth-order valence-electron chi connectivity index (χ4n) is 1.51. The van der Waals surface area contributed by atoms with Gasteiger partial charge in [0.1, 0.15) is 0 Å². The molecule has 2 aromatic rings. The monoisotopic (exact) mass is 361 g/mol. The van der Waals surface area contributed by atoms with Crippen molar-refractivity contribution in [3.8, 4) is 0 Å². The first-order chi connectivity index (χ1) is 8.56. The first kappa shape index (κ1) is 12.7. The van der Waals surface area contributed by atoms with Gasteiger partial charge in [0.05, 0.1) is 6.61 Å². The van der Waals surface area contributed by atoms with E-state index in [4.69, 9.17) is 4.74 Å². The van der Waals surface area contributed by atoms with Crippen molar-refractivity contribution in [2.45, 2.75) is 6.92 Å². The Morgan fingerprint density at radius 3 is 2.94 bits per heavy atom. The molecule has 0 saturated carbocycles. The number of hydrogen-bond donors (Lipinski definition) is 0. The minimum Gasteiger partial charge on any atom is -0.461 e. The molecule has 0 saturated heterocycles. The number of nitro groups is 1. The van der Waals surface area contributed by atoms with Crippen LogP contribution in [0.5, 0.6) is 0 Å². The summed E-state index contributed by atoms with van der Waals surface area (Å²) in [6, 6.07) is 4.47. The summed E-state index contributed by atoms with van der Waals surface area (Å²) in [5.41, 5.74) is 0.434. The molecule has 0 N–H and O–H groups in total. The first-order valence-corrected chi connectivity index (χ1v) is 6.12. The molecule has 0 spiro atoms. The molecule has 0 aliphatic rings. The first-order valence-electron chi connectivity index (χ1n) is 5.04. The van der Waals surface area contributed by atoms with E-state index in [1.54, 1.807) is 13.0 Å². The normalized spacial score (nSPS) is 10.6. The average Bonchev–Trinajstić information content (AvgIpc) is 2.67. The highest BCUT2D eigenvalue weighted by atomic mass is 127. The number of carbonyl (C=O) groups is 1. The molecule has 0 aromatic carbocycles. The Bertz CT molecular complexity index is 637. The van der Waals surface area contributed by atoms with Crippen LogP contribution < -0.4 is 0 Å². The summed E-state index contributed by atoms with van der Waals surface area (Å²) in [5, 5.41) is 10.9. The van der Waals surface area contributed by atoms with Gasteiger partial charge >= 0.3 is 11.8 Å². The predicted molar refractivity (Wildman–Crippen MR) is 70.5 cm³/mol. The van der Waals surface area contributed by atoms with Gasteiger partial charge in [-0.25, -0.2) is 4.79 Å². The molecule has 0 aliphatic carbocycles. The largest absolute Gasteiger partial charge is 0.461 e. The Hall–Kier alpha value is -1.71. The molecule has 0 bridgehead atoms. The Morgan fingerprint density at radius 2 is 2.33 bits per heavy atom. The Kier molecular flexibility index (Phi) is 3.45. The molecule has 2 aromatic heterocycles. The van der Waals surface area contributed by atoms with E-state index >= 15 is 0 Å². The van der Waals surface area contributed by atoms with Crippen molar-refractivity contribution in [2.24, 2.45) is 0 Å². The number of hydrogen-bond acceptors (Lipinski definition) is 5. The van der Waals surface area contributed by atoms with Crippen LogP contribution in [0.2, 0.25) is 0 Å². The lowest BCUT2D eigenvalue weighted by Gasteiger charge is -1.98. The third kappa shape index (κ3) is 2.03. The maximum atomic E-state index is 11.6. The third-order valence-corrected chi connectivity index (χ3v) is 3.22. The van der Waals surface area contributed by atoms with Gasteiger partial charge in [-0.05, 0) is 17.9 Å². The van der Waals surface area contributed by atoms with Gasteiger partial charge in [0, 0.05) is 34.7 Å². The summed E-state index contributed by atoms with van der Waals surface area (Å²) in [5.74, 6) is -0.722. The van der Waals surface area contributed by atoms with Crippen LogP contribution in [0.4, 0.5) is 5.82 Å². The maximum Gasteiger partial charge on any atom is 0.362 e. The minimum atomic E-state index is -0.583. The molecule has 0 atom stereocenters. The van der Waals surface area contributed by atoms with Crippen molar-refractivity contribution in [3.63, 3.8) is 0 Å². The summed E-state index contributed by atoms with van der Waals surface area (Å²) in [4.78, 5) is 26.1. The molecule has 0 unspecified atom stereocenters. The molecule has 94 valence electrons. The van der Waals surface area contributed by atoms with Gasteiger partial charge in [0.25, 0.3) is 0 Å². The van der Waals surface area contributed by atoms with Crippen LogP contribution in [0.15, 0.2) is 18.2 Å². The van der Waals surface area contributed by atoms with Crippen molar-refractivity contribution in [1.29, 1.82) is 0 Å². The van der Waals surface area contributed by atoms with Gasteiger partial charge in [-0.2, -0.15) is 9.38 Å². The number of nitrogens with zero attached hydrogens (tertiary/aromatic N) is 3. The summed E-state index contributed by atoms with van der Waals surface area (Å²) >= 11 is 1.84. The van der Waals surface area contributed by atoms with E-state index in [1.807, 2.05) is 22.6 Å². The van der Waals surface area contributed by atoms with Gasteiger partial charge < -0.3 is 14.9 Å². The van der Waals surface area contributed by atoms with Gasteiger partial charge in [-0.15, -0.1) is 0 Å². The van der Waals surface area contributed by atoms with Crippen LogP contribution in [-0.2, 0) is 4.74 Å². The topological polar surface area (TPSA) is 86.7 Å². The second kappa shape index (κ2) is 4.88. The molecule has 7 nitrogen and oxygen atoms in total. The van der Waals surface area contributed by atoms with Gasteiger partial charge in [0.15, 0.2) is 0 Å². The minimum absolute atomic E-state index is 0.0896. The number of fused-ring (bicyclic) bond motifs is 1. The van der Waals surface area contributed by atoms with E-state index in [-0.39, 0.29) is 18.1 Å². The van der Waals surface area contributed by atoms with Crippen molar-refractivity contribution < 1.29 is 14.5 Å². The zero-order valence-electron chi connectivity index (χ0n) is 9.29. The van der Waals surface area contributed by atoms with E-state index < -0.39 is 10.9 Å². The number of imidazole rings is 1. The van der Waals surface area contributed by atoms with Crippen molar-refractivity contribution in [2.75, 3.05) is 6.61 Å². The fourth-order valence-corrected chi connectivity index (χ4v) is 2.35. The van der Waals surface area contributed by atoms with Gasteiger partial charge in [-0.1, -0.05) is 0 Å². The van der Waals surface area contributed by atoms with Gasteiger partial charge in [-0.3, -0.25) is 0 Å². The van der Waals surface area contributed by atoms with Crippen LogP contribution in [0.25, 0.3) is 5.65 Å². The number of carbonyl (C=O) groups excluding carboxylic acids is 1. The molecule has 8 heteroatoms. The standard InChI is InChI=1S/C10H8IN3O4/c1-2-18-10(15)8-9(11)13-6(12-8)4-3-5-7(13)14(16)17/h3-5H,2H2,1H3. The highest BCUT2D eigenvalue weighted by Crippen LogP contribution is 2.22. The van der Waals surface area contributed by atoms with Crippen molar-refractivity contribution in [1.82, 2.24) is 9.38 Å². The molecule has 2 rings (SSSR count). The lowest BCUT2D eigenvalue weighted by molar-refractivity contribution is -0.390. The zero-order chi connectivity index (χ0) is 13.3. The summed E-state index contributed by atoms with van der Waals surface area (Å²) in [6.45, 7) is 1.91. The number of pyridine rings is 1. The van der Waals surface area contributed by atoms with Crippen molar-refractivity contribution in [3.05, 3.63) is 37.7 Å². The second-order valence-electron chi connectivity index (χ2n) is 3.31. The van der Waals surface area contributed by atoms with E-state index in [9.17, 15) is 14.9 Å². The third-order valence-electron chi connectivity index (χ3n) is 2.22. The SMILES string of the molecule is CCOC(=O)c1nc2cccc([N+](=O)[O-])n2c1I. The summed E-state index contributed by atoms with van der Waals surface area (Å²) < 4.78 is 6.53. The number of aromatic nitrogens is 2. The van der Waals surface area contributed by atoms with Crippen LogP contribution in [0.3, 0.4) is 0 Å². The fraction of sp³-hybridized carbons (Fsp3) is 0.200. The molecule has 0 radical (unpaired) electrons. The Morgan fingerprint density at radius 1 is 1.61 bits per heavy atom. The van der Waals surface area contributed by atoms with Crippen LogP contribution in [0.1, 0.15) is 17.4 Å². The lowest BCUT2D eigenvalue weighted by atomic mass is 10.4. The Labute approximate surface area is 115 Å². The number of halogens is 1. The van der Waals surface area contributed by atoms with Crippen LogP contribution >= 0.6 is 22.6 Å². The smallest absolute Gasteiger partial charge is 0.362 e. The number of rotatable bonds is 3. The predicted octanol–water partition coefficient (Wildman–Crippen LogP) is 2.02. The van der Waals surface area contributed by atoms with Crippen LogP contribution in [-0.4, -0.2) is 26.9 Å². The molecule has 2 heterocycles. The summed E-state index contributed by atoms with van der Waals surface area (Å²) in [7, 11) is 0. The highest BCUT2D eigenvalue weighted by molar-refractivity contribution is 14.1. The number of esters is 1. The van der Waals surface area contributed by atoms with E-state index in [0.29, 0.717) is 9.35 Å². The van der Waals surface area contributed by atoms with E-state index in [2.05, 4.69) is 4.98 Å². The van der Waals surface area contributed by atoms with Crippen LogP contribution in [0, 0.1) is 13.8 Å². The molecule has 18 heavy (non-hydrogen) atoms. The Balaban J connectivity index is 2.67.